The van der Waals surface area contributed by atoms with E-state index < -0.39 is 67.4 Å². The highest BCUT2D eigenvalue weighted by molar-refractivity contribution is 5.80. The van der Waals surface area contributed by atoms with Crippen molar-refractivity contribution in [3.05, 3.63) is 109 Å². The van der Waals surface area contributed by atoms with Gasteiger partial charge < -0.3 is 45.1 Å². The molecule has 0 aromatic heterocycles. The molecular weight excluding hydrogens is 967 g/mol. The van der Waals surface area contributed by atoms with Crippen molar-refractivity contribution in [2.45, 2.75) is 282 Å². The van der Waals surface area contributed by atoms with E-state index in [1.807, 2.05) is 24.3 Å². The second kappa shape index (κ2) is 53.0. The number of amides is 1. The van der Waals surface area contributed by atoms with Crippen molar-refractivity contribution in [1.29, 1.82) is 0 Å². The van der Waals surface area contributed by atoms with E-state index in [9.17, 15) is 35.1 Å². The van der Waals surface area contributed by atoms with Crippen molar-refractivity contribution in [2.75, 3.05) is 13.2 Å². The number of carbonyl (C=O) groups excluding carboxylic acids is 2. The number of aliphatic hydroxyl groups excluding tert-OH is 5. The molecular formula is C66H111NO10. The van der Waals surface area contributed by atoms with Gasteiger partial charge in [0.2, 0.25) is 5.91 Å². The quantitative estimate of drug-likeness (QED) is 0.0149. The highest BCUT2D eigenvalue weighted by Gasteiger charge is 2.47. The summed E-state index contributed by atoms with van der Waals surface area (Å²) >= 11 is 0. The van der Waals surface area contributed by atoms with E-state index in [1.165, 1.54) is 57.8 Å². The third-order valence-corrected chi connectivity index (χ3v) is 13.7. The first-order valence-corrected chi connectivity index (χ1v) is 30.7. The molecule has 77 heavy (non-hydrogen) atoms. The molecule has 8 unspecified atom stereocenters. The Morgan fingerprint density at radius 3 is 1.55 bits per heavy atom. The molecule has 1 amide bonds. The van der Waals surface area contributed by atoms with Gasteiger partial charge in [-0.05, 0) is 89.9 Å². The van der Waals surface area contributed by atoms with Gasteiger partial charge in [-0.2, -0.15) is 0 Å². The Labute approximate surface area is 468 Å². The van der Waals surface area contributed by atoms with Gasteiger partial charge in [-0.1, -0.05) is 246 Å². The van der Waals surface area contributed by atoms with Gasteiger partial charge in [0, 0.05) is 6.42 Å². The molecule has 0 aromatic rings. The molecule has 11 heteroatoms. The Kier molecular flexibility index (Phi) is 49.1. The molecule has 11 nitrogen and oxygen atoms in total. The number of hydrogen-bond acceptors (Lipinski definition) is 10. The summed E-state index contributed by atoms with van der Waals surface area (Å²) in [5, 5.41) is 56.9. The zero-order valence-corrected chi connectivity index (χ0v) is 48.5. The summed E-state index contributed by atoms with van der Waals surface area (Å²) in [5.74, 6) is -1.23. The van der Waals surface area contributed by atoms with Crippen molar-refractivity contribution in [3.63, 3.8) is 0 Å². The molecule has 0 bridgehead atoms. The van der Waals surface area contributed by atoms with E-state index in [4.69, 9.17) is 14.2 Å². The number of ether oxygens (including phenoxy) is 3. The fourth-order valence-electron chi connectivity index (χ4n) is 8.91. The van der Waals surface area contributed by atoms with Crippen LogP contribution in [0.25, 0.3) is 0 Å². The highest BCUT2D eigenvalue weighted by atomic mass is 16.7. The average molecular weight is 1080 g/mol. The summed E-state index contributed by atoms with van der Waals surface area (Å²) in [4.78, 5) is 26.5. The Morgan fingerprint density at radius 2 is 1.00 bits per heavy atom. The zero-order valence-electron chi connectivity index (χ0n) is 48.5. The molecule has 440 valence electrons. The van der Waals surface area contributed by atoms with Gasteiger partial charge in [0.05, 0.1) is 25.4 Å². The third kappa shape index (κ3) is 41.1. The van der Waals surface area contributed by atoms with E-state index in [-0.39, 0.29) is 19.4 Å². The van der Waals surface area contributed by atoms with Crippen LogP contribution in [0.15, 0.2) is 109 Å². The zero-order chi connectivity index (χ0) is 56.1. The minimum Gasteiger partial charge on any atom is -0.454 e. The first-order valence-electron chi connectivity index (χ1n) is 30.7. The second-order valence-electron chi connectivity index (χ2n) is 20.7. The molecule has 1 aliphatic heterocycles. The van der Waals surface area contributed by atoms with E-state index >= 15 is 0 Å². The Balaban J connectivity index is 2.70. The van der Waals surface area contributed by atoms with Gasteiger partial charge in [-0.15, -0.1) is 0 Å². The lowest BCUT2D eigenvalue weighted by Crippen LogP contribution is -2.61. The summed E-state index contributed by atoms with van der Waals surface area (Å²) in [7, 11) is 0. The van der Waals surface area contributed by atoms with Crippen LogP contribution in [0.4, 0.5) is 0 Å². The SMILES string of the molecule is CC/C=C\C/C=C\C/C=C\C/C=C\C/C=C\CCCCCCCCC(O)C(=O)NC(COC1OC(CO)C(O)C(O)C1OC(=O)CCCCCCC\C=C/C=C/C=C/CC)C(O)/C=C/CCCCCCCCCCCCC. The minimum atomic E-state index is -1.63. The molecule has 6 N–H and O–H groups in total. The number of esters is 1. The smallest absolute Gasteiger partial charge is 0.306 e. The van der Waals surface area contributed by atoms with E-state index in [0.29, 0.717) is 12.8 Å². The number of unbranched alkanes of at least 4 members (excludes halogenated alkanes) is 22. The average Bonchev–Trinajstić information content (AvgIpc) is 3.43. The third-order valence-electron chi connectivity index (χ3n) is 13.7. The van der Waals surface area contributed by atoms with E-state index in [2.05, 4.69) is 105 Å². The van der Waals surface area contributed by atoms with Gasteiger partial charge >= 0.3 is 5.97 Å². The van der Waals surface area contributed by atoms with Crippen LogP contribution in [0.1, 0.15) is 233 Å². The standard InChI is InChI=1S/C66H111NO10/c1-4-7-10-13-16-19-22-25-26-27-28-29-30-31-32-33-36-38-41-44-47-50-53-59(70)65(74)67-57(58(69)52-49-46-43-40-37-34-23-20-17-14-11-8-5-2)56-75-66-64(63(73)62(72)60(55-68)76-66)77-61(71)54-51-48-45-42-39-35-24-21-18-15-12-9-6-3/h7,9-10,12,15-16,18-19,21,24-26,28-29,31-32,49,52,57-60,62-64,66,68-70,72-73H,4-6,8,11,13-14,17,20,22-23,27,30,33-48,50-51,53-56H2,1-3H3,(H,67,74)/b10-7-,12-9+,18-15+,19-16-,24-21-,26-25-,29-28-,32-31-,52-49+. The van der Waals surface area contributed by atoms with Crippen molar-refractivity contribution >= 4 is 11.9 Å². The topological polar surface area (TPSA) is 175 Å². The lowest BCUT2D eigenvalue weighted by atomic mass is 9.99. The van der Waals surface area contributed by atoms with Crippen molar-refractivity contribution in [3.8, 4) is 0 Å². The summed E-state index contributed by atoms with van der Waals surface area (Å²) < 4.78 is 17.6. The van der Waals surface area contributed by atoms with Crippen molar-refractivity contribution in [1.82, 2.24) is 5.32 Å². The molecule has 1 aliphatic rings. The molecule has 1 rings (SSSR count). The Morgan fingerprint density at radius 1 is 0.532 bits per heavy atom. The number of carbonyl (C=O) groups is 2. The number of nitrogens with one attached hydrogen (secondary N) is 1. The highest BCUT2D eigenvalue weighted by Crippen LogP contribution is 2.26. The second-order valence-corrected chi connectivity index (χ2v) is 20.7. The first-order chi connectivity index (χ1) is 37.7. The molecule has 1 fully saturated rings. The van der Waals surface area contributed by atoms with Gasteiger partial charge in [0.1, 0.15) is 24.4 Å². The number of hydrogen-bond donors (Lipinski definition) is 6. The largest absolute Gasteiger partial charge is 0.454 e. The van der Waals surface area contributed by atoms with E-state index in [0.717, 1.165) is 128 Å². The van der Waals surface area contributed by atoms with Gasteiger partial charge in [-0.3, -0.25) is 9.59 Å². The summed E-state index contributed by atoms with van der Waals surface area (Å²) in [6.45, 7) is 5.51. The summed E-state index contributed by atoms with van der Waals surface area (Å²) in [6.07, 6.45) is 61.2. The van der Waals surface area contributed by atoms with Gasteiger partial charge in [0.25, 0.3) is 0 Å². The van der Waals surface area contributed by atoms with Gasteiger partial charge in [-0.25, -0.2) is 0 Å². The monoisotopic (exact) mass is 1080 g/mol. The maximum Gasteiger partial charge on any atom is 0.306 e. The Hall–Kier alpha value is -3.68. The van der Waals surface area contributed by atoms with Gasteiger partial charge in [0.15, 0.2) is 12.4 Å². The van der Waals surface area contributed by atoms with Crippen molar-refractivity contribution in [2.24, 2.45) is 0 Å². The first kappa shape index (κ1) is 71.3. The fraction of sp³-hybridized carbons (Fsp3) is 0.697. The van der Waals surface area contributed by atoms with Crippen LogP contribution >= 0.6 is 0 Å². The molecule has 1 saturated heterocycles. The molecule has 1 heterocycles. The van der Waals surface area contributed by atoms with Crippen LogP contribution in [0.2, 0.25) is 0 Å². The maximum atomic E-state index is 13.4. The van der Waals surface area contributed by atoms with Crippen molar-refractivity contribution < 1.29 is 49.3 Å². The molecule has 0 saturated carbocycles. The maximum absolute atomic E-state index is 13.4. The van der Waals surface area contributed by atoms with Crippen LogP contribution < -0.4 is 5.32 Å². The summed E-state index contributed by atoms with van der Waals surface area (Å²) in [5.41, 5.74) is 0. The predicted octanol–water partition coefficient (Wildman–Crippen LogP) is 14.5. The van der Waals surface area contributed by atoms with Crippen LogP contribution in [0.3, 0.4) is 0 Å². The molecule has 0 spiro atoms. The molecule has 0 aliphatic carbocycles. The van der Waals surface area contributed by atoms with Crippen LogP contribution in [-0.4, -0.2) is 99.6 Å². The van der Waals surface area contributed by atoms with Crippen LogP contribution in [0, 0.1) is 0 Å². The molecule has 0 radical (unpaired) electrons. The number of allylic oxidation sites excluding steroid dienone is 17. The molecule has 8 atom stereocenters. The van der Waals surface area contributed by atoms with Crippen LogP contribution in [-0.2, 0) is 23.8 Å². The molecule has 0 aromatic carbocycles. The number of aliphatic hydroxyl groups is 5. The van der Waals surface area contributed by atoms with E-state index in [1.54, 1.807) is 6.08 Å². The lowest BCUT2D eigenvalue weighted by Gasteiger charge is -2.41. The van der Waals surface area contributed by atoms with Crippen LogP contribution in [0.5, 0.6) is 0 Å². The normalized spacial score (nSPS) is 19.8. The summed E-state index contributed by atoms with van der Waals surface area (Å²) in [6, 6.07) is -1.04. The lowest BCUT2D eigenvalue weighted by molar-refractivity contribution is -0.305. The fourth-order valence-corrected chi connectivity index (χ4v) is 8.91. The Bertz CT molecular complexity index is 1660. The predicted molar refractivity (Wildman–Crippen MR) is 319 cm³/mol. The number of rotatable bonds is 50. The minimum absolute atomic E-state index is 0.0937.